The van der Waals surface area contributed by atoms with Crippen molar-refractivity contribution < 1.29 is 4.79 Å². The molecule has 3 rings (SSSR count). The van der Waals surface area contributed by atoms with Crippen LogP contribution in [0.25, 0.3) is 17.2 Å². The first-order chi connectivity index (χ1) is 10.3. The molecule has 0 saturated heterocycles. The summed E-state index contributed by atoms with van der Waals surface area (Å²) in [7, 11) is 0. The number of hydrogen-bond acceptors (Lipinski definition) is 1. The topological polar surface area (TPSA) is 32.9 Å². The first-order valence-electron chi connectivity index (χ1n) is 6.84. The van der Waals surface area contributed by atoms with Crippen molar-refractivity contribution in [3.05, 3.63) is 90.3 Å². The lowest BCUT2D eigenvalue weighted by Gasteiger charge is -2.00. The predicted octanol–water partition coefficient (Wildman–Crippen LogP) is 4.58. The Kier molecular flexibility index (Phi) is 3.79. The van der Waals surface area contributed by atoms with Gasteiger partial charge in [0.15, 0.2) is 5.78 Å². The number of nitrogens with one attached hydrogen (secondary N) is 1. The quantitative estimate of drug-likeness (QED) is 0.548. The zero-order valence-electron chi connectivity index (χ0n) is 11.5. The molecule has 0 atom stereocenters. The number of ketones is 1. The number of benzene rings is 2. The van der Waals surface area contributed by atoms with Gasteiger partial charge in [-0.15, -0.1) is 0 Å². The van der Waals surface area contributed by atoms with Crippen molar-refractivity contribution in [3.8, 4) is 11.1 Å². The summed E-state index contributed by atoms with van der Waals surface area (Å²) in [5.41, 5.74) is 3.67. The maximum atomic E-state index is 12.4. The Bertz CT molecular complexity index is 755. The highest BCUT2D eigenvalue weighted by molar-refractivity contribution is 6.10. The van der Waals surface area contributed by atoms with Crippen LogP contribution >= 0.6 is 0 Å². The minimum atomic E-state index is -0.000967. The number of carbonyl (C=O) groups is 1. The lowest BCUT2D eigenvalue weighted by Crippen LogP contribution is -1.94. The third kappa shape index (κ3) is 3.00. The molecule has 1 N–H and O–H groups in total. The third-order valence-corrected chi connectivity index (χ3v) is 3.32. The highest BCUT2D eigenvalue weighted by Crippen LogP contribution is 2.23. The van der Waals surface area contributed by atoms with E-state index in [1.165, 1.54) is 0 Å². The normalized spacial score (nSPS) is 10.9. The maximum absolute atomic E-state index is 12.4. The molecule has 0 aliphatic rings. The van der Waals surface area contributed by atoms with Crippen LogP contribution in [0.15, 0.2) is 79.1 Å². The van der Waals surface area contributed by atoms with E-state index < -0.39 is 0 Å². The highest BCUT2D eigenvalue weighted by atomic mass is 16.1. The second-order valence-electron chi connectivity index (χ2n) is 4.76. The van der Waals surface area contributed by atoms with Crippen molar-refractivity contribution in [2.75, 3.05) is 0 Å². The molecule has 0 aliphatic carbocycles. The molecular weight excluding hydrogens is 258 g/mol. The molecule has 0 aliphatic heterocycles. The molecular formula is C19H15NO. The van der Waals surface area contributed by atoms with Gasteiger partial charge in [-0.3, -0.25) is 4.79 Å². The minimum absolute atomic E-state index is 0.000967. The Morgan fingerprint density at radius 3 is 2.24 bits per heavy atom. The van der Waals surface area contributed by atoms with Crippen LogP contribution in [-0.4, -0.2) is 10.8 Å². The molecule has 0 unspecified atom stereocenters. The molecule has 3 aromatic rings. The number of carbonyl (C=O) groups excluding carboxylic acids is 1. The van der Waals surface area contributed by atoms with Gasteiger partial charge in [0.05, 0.1) is 0 Å². The van der Waals surface area contributed by atoms with Gasteiger partial charge in [0.2, 0.25) is 0 Å². The summed E-state index contributed by atoms with van der Waals surface area (Å²) in [5, 5.41) is 0. The molecule has 2 aromatic carbocycles. The Labute approximate surface area is 123 Å². The van der Waals surface area contributed by atoms with Gasteiger partial charge in [-0.2, -0.15) is 0 Å². The number of hydrogen-bond donors (Lipinski definition) is 1. The summed E-state index contributed by atoms with van der Waals surface area (Å²) in [4.78, 5) is 15.4. The Hall–Kier alpha value is -2.87. The van der Waals surface area contributed by atoms with Crippen molar-refractivity contribution in [1.82, 2.24) is 4.98 Å². The molecule has 2 heteroatoms. The Morgan fingerprint density at radius 1 is 0.857 bits per heavy atom. The number of rotatable bonds is 4. The first-order valence-corrected chi connectivity index (χ1v) is 6.84. The SMILES string of the molecule is O=C(C=Cc1ccccc1)c1c[nH]cc1-c1ccccc1. The van der Waals surface area contributed by atoms with Crippen molar-refractivity contribution in [1.29, 1.82) is 0 Å². The van der Waals surface area contributed by atoms with Crippen LogP contribution in [0.5, 0.6) is 0 Å². The van der Waals surface area contributed by atoms with Crippen molar-refractivity contribution in [3.63, 3.8) is 0 Å². The van der Waals surface area contributed by atoms with Gasteiger partial charge in [0.1, 0.15) is 0 Å². The zero-order chi connectivity index (χ0) is 14.5. The van der Waals surface area contributed by atoms with Crippen LogP contribution in [0.1, 0.15) is 15.9 Å². The lowest BCUT2D eigenvalue weighted by atomic mass is 10.0. The molecule has 0 bridgehead atoms. The molecule has 1 heterocycles. The molecule has 0 saturated carbocycles. The molecule has 0 fully saturated rings. The van der Waals surface area contributed by atoms with E-state index in [0.717, 1.165) is 16.7 Å². The fourth-order valence-corrected chi connectivity index (χ4v) is 2.25. The predicted molar refractivity (Wildman–Crippen MR) is 86.0 cm³/mol. The van der Waals surface area contributed by atoms with E-state index in [1.54, 1.807) is 12.3 Å². The van der Waals surface area contributed by atoms with E-state index in [0.29, 0.717) is 5.56 Å². The average Bonchev–Trinajstić information content (AvgIpc) is 3.04. The Morgan fingerprint density at radius 2 is 1.52 bits per heavy atom. The summed E-state index contributed by atoms with van der Waals surface area (Å²) in [6.45, 7) is 0. The largest absolute Gasteiger partial charge is 0.366 e. The van der Waals surface area contributed by atoms with Crippen molar-refractivity contribution in [2.24, 2.45) is 0 Å². The van der Waals surface area contributed by atoms with Crippen LogP contribution in [0, 0.1) is 0 Å². The van der Waals surface area contributed by atoms with Gasteiger partial charge in [0.25, 0.3) is 0 Å². The van der Waals surface area contributed by atoms with Gasteiger partial charge < -0.3 is 4.98 Å². The van der Waals surface area contributed by atoms with Crippen molar-refractivity contribution in [2.45, 2.75) is 0 Å². The van der Waals surface area contributed by atoms with E-state index in [4.69, 9.17) is 0 Å². The number of aromatic amines is 1. The van der Waals surface area contributed by atoms with Crippen LogP contribution in [0.3, 0.4) is 0 Å². The van der Waals surface area contributed by atoms with Crippen LogP contribution in [0.4, 0.5) is 0 Å². The van der Waals surface area contributed by atoms with Gasteiger partial charge in [-0.25, -0.2) is 0 Å². The van der Waals surface area contributed by atoms with Crippen LogP contribution < -0.4 is 0 Å². The smallest absolute Gasteiger partial charge is 0.187 e. The summed E-state index contributed by atoms with van der Waals surface area (Å²) < 4.78 is 0. The molecule has 0 amide bonds. The van der Waals surface area contributed by atoms with Crippen LogP contribution in [0.2, 0.25) is 0 Å². The molecule has 21 heavy (non-hydrogen) atoms. The van der Waals surface area contributed by atoms with E-state index in [1.807, 2.05) is 72.9 Å². The minimum Gasteiger partial charge on any atom is -0.366 e. The maximum Gasteiger partial charge on any atom is 0.187 e. The molecule has 1 aromatic heterocycles. The number of H-pyrrole nitrogens is 1. The molecule has 0 spiro atoms. The fraction of sp³-hybridized carbons (Fsp3) is 0. The van der Waals surface area contributed by atoms with Crippen molar-refractivity contribution >= 4 is 11.9 Å². The van der Waals surface area contributed by atoms with E-state index in [-0.39, 0.29) is 5.78 Å². The first kappa shape index (κ1) is 13.1. The lowest BCUT2D eigenvalue weighted by molar-refractivity contribution is 0.104. The van der Waals surface area contributed by atoms with Gasteiger partial charge >= 0.3 is 0 Å². The number of aromatic nitrogens is 1. The Balaban J connectivity index is 1.87. The van der Waals surface area contributed by atoms with Gasteiger partial charge in [-0.1, -0.05) is 66.7 Å². The summed E-state index contributed by atoms with van der Waals surface area (Å²) in [6.07, 6.45) is 7.06. The fourth-order valence-electron chi connectivity index (χ4n) is 2.25. The zero-order valence-corrected chi connectivity index (χ0v) is 11.5. The summed E-state index contributed by atoms with van der Waals surface area (Å²) in [5.74, 6) is -0.000967. The molecule has 2 nitrogen and oxygen atoms in total. The molecule has 102 valence electrons. The highest BCUT2D eigenvalue weighted by Gasteiger charge is 2.11. The second kappa shape index (κ2) is 6.06. The summed E-state index contributed by atoms with van der Waals surface area (Å²) >= 11 is 0. The van der Waals surface area contributed by atoms with Gasteiger partial charge in [0, 0.05) is 23.5 Å². The standard InChI is InChI=1S/C19H15NO/c21-19(12-11-15-7-3-1-4-8-15)18-14-20-13-17(18)16-9-5-2-6-10-16/h1-14,20H. The third-order valence-electron chi connectivity index (χ3n) is 3.32. The number of allylic oxidation sites excluding steroid dienone is 1. The van der Waals surface area contributed by atoms with Crippen LogP contribution in [-0.2, 0) is 0 Å². The van der Waals surface area contributed by atoms with Gasteiger partial charge in [-0.05, 0) is 17.2 Å². The summed E-state index contributed by atoms with van der Waals surface area (Å²) in [6, 6.07) is 19.7. The molecule has 0 radical (unpaired) electrons. The average molecular weight is 273 g/mol. The monoisotopic (exact) mass is 273 g/mol. The van der Waals surface area contributed by atoms with E-state index in [2.05, 4.69) is 4.98 Å². The second-order valence-corrected chi connectivity index (χ2v) is 4.76. The van der Waals surface area contributed by atoms with E-state index >= 15 is 0 Å². The van der Waals surface area contributed by atoms with E-state index in [9.17, 15) is 4.79 Å².